The molecule has 2 aliphatic heterocycles. The van der Waals surface area contributed by atoms with Crippen LogP contribution in [0.15, 0.2) is 45.4 Å². The predicted octanol–water partition coefficient (Wildman–Crippen LogP) is 3.40. The topological polar surface area (TPSA) is 113 Å². The number of rotatable bonds is 4. The van der Waals surface area contributed by atoms with E-state index in [0.717, 1.165) is 11.3 Å². The monoisotopic (exact) mass is 446 g/mol. The first-order chi connectivity index (χ1) is 16.1. The summed E-state index contributed by atoms with van der Waals surface area (Å²) in [5.41, 5.74) is 2.55. The SMILES string of the molecule is COC(=O)c1ccc2c(c1)CCN2C(=O)C1CCN(c2oc(-c3ccco3)nc2C#N)CC1. The molecule has 3 aromatic rings. The van der Waals surface area contributed by atoms with Crippen LogP contribution in [-0.2, 0) is 16.0 Å². The van der Waals surface area contributed by atoms with Crippen LogP contribution in [0.1, 0.15) is 34.5 Å². The Labute approximate surface area is 190 Å². The summed E-state index contributed by atoms with van der Waals surface area (Å²) in [6.07, 6.45) is 3.53. The summed E-state index contributed by atoms with van der Waals surface area (Å²) in [7, 11) is 1.36. The van der Waals surface area contributed by atoms with Gasteiger partial charge in [-0.25, -0.2) is 4.79 Å². The smallest absolute Gasteiger partial charge is 0.337 e. The fourth-order valence-electron chi connectivity index (χ4n) is 4.53. The fraction of sp³-hybridized carbons (Fsp3) is 0.333. The first-order valence-corrected chi connectivity index (χ1v) is 10.8. The molecule has 0 aliphatic carbocycles. The van der Waals surface area contributed by atoms with Crippen LogP contribution in [0.25, 0.3) is 11.7 Å². The molecule has 5 rings (SSSR count). The van der Waals surface area contributed by atoms with Crippen LogP contribution in [0.2, 0.25) is 0 Å². The largest absolute Gasteiger partial charge is 0.465 e. The van der Waals surface area contributed by atoms with Crippen molar-refractivity contribution < 1.29 is 23.2 Å². The van der Waals surface area contributed by atoms with Crippen molar-refractivity contribution in [2.45, 2.75) is 19.3 Å². The number of nitrogens with zero attached hydrogens (tertiary/aromatic N) is 4. The Morgan fingerprint density at radius 2 is 2.03 bits per heavy atom. The molecule has 4 heterocycles. The standard InChI is InChI=1S/C24H22N4O5/c1-31-24(30)17-4-5-19-16(13-17)8-11-28(19)22(29)15-6-9-27(10-7-15)23-18(14-25)26-21(33-23)20-3-2-12-32-20/h2-5,12-13,15H,6-11H2,1H3. The molecule has 0 radical (unpaired) electrons. The first kappa shape index (κ1) is 20.8. The molecule has 1 amide bonds. The number of nitriles is 1. The number of amides is 1. The highest BCUT2D eigenvalue weighted by Gasteiger charge is 2.34. The Hall–Kier alpha value is -4.06. The minimum absolute atomic E-state index is 0.0913. The van der Waals surface area contributed by atoms with Crippen molar-refractivity contribution in [1.82, 2.24) is 4.98 Å². The Kier molecular flexibility index (Phi) is 5.34. The van der Waals surface area contributed by atoms with Gasteiger partial charge in [0.1, 0.15) is 6.07 Å². The number of oxazole rings is 1. The number of benzene rings is 1. The molecule has 1 aromatic carbocycles. The average molecular weight is 446 g/mol. The van der Waals surface area contributed by atoms with Gasteiger partial charge >= 0.3 is 5.97 Å². The molecule has 9 nitrogen and oxygen atoms in total. The Bertz CT molecular complexity index is 1230. The number of hydrogen-bond donors (Lipinski definition) is 0. The Balaban J connectivity index is 1.27. The summed E-state index contributed by atoms with van der Waals surface area (Å²) in [4.78, 5) is 33.1. The summed E-state index contributed by atoms with van der Waals surface area (Å²) in [6.45, 7) is 1.77. The molecule has 0 spiro atoms. The summed E-state index contributed by atoms with van der Waals surface area (Å²) in [5.74, 6) is 0.737. The van der Waals surface area contributed by atoms with Crippen LogP contribution < -0.4 is 9.80 Å². The zero-order chi connectivity index (χ0) is 22.9. The van der Waals surface area contributed by atoms with E-state index < -0.39 is 0 Å². The fourth-order valence-corrected chi connectivity index (χ4v) is 4.53. The first-order valence-electron chi connectivity index (χ1n) is 10.8. The maximum atomic E-state index is 13.3. The van der Waals surface area contributed by atoms with Gasteiger partial charge < -0.3 is 23.4 Å². The zero-order valence-electron chi connectivity index (χ0n) is 18.1. The molecule has 33 heavy (non-hydrogen) atoms. The normalized spacial score (nSPS) is 15.9. The van der Waals surface area contributed by atoms with Gasteiger partial charge in [0.2, 0.25) is 17.5 Å². The second-order valence-electron chi connectivity index (χ2n) is 8.10. The molecule has 1 fully saturated rings. The van der Waals surface area contributed by atoms with E-state index in [0.29, 0.717) is 56.1 Å². The lowest BCUT2D eigenvalue weighted by molar-refractivity contribution is -0.122. The maximum Gasteiger partial charge on any atom is 0.337 e. The summed E-state index contributed by atoms with van der Waals surface area (Å²) >= 11 is 0. The van der Waals surface area contributed by atoms with Gasteiger partial charge in [-0.1, -0.05) is 0 Å². The lowest BCUT2D eigenvalue weighted by Crippen LogP contribution is -2.42. The third-order valence-electron chi connectivity index (χ3n) is 6.24. The number of anilines is 2. The van der Waals surface area contributed by atoms with Gasteiger partial charge in [0.25, 0.3) is 5.89 Å². The van der Waals surface area contributed by atoms with Gasteiger partial charge in [-0.3, -0.25) is 4.79 Å². The highest BCUT2D eigenvalue weighted by atomic mass is 16.5. The molecule has 0 atom stereocenters. The van der Waals surface area contributed by atoms with Crippen LogP contribution in [0.3, 0.4) is 0 Å². The molecular weight excluding hydrogens is 424 g/mol. The van der Waals surface area contributed by atoms with E-state index in [1.54, 1.807) is 24.3 Å². The number of furan rings is 1. The van der Waals surface area contributed by atoms with E-state index in [-0.39, 0.29) is 29.4 Å². The second kappa shape index (κ2) is 8.47. The van der Waals surface area contributed by atoms with E-state index in [2.05, 4.69) is 11.1 Å². The number of piperidine rings is 1. The van der Waals surface area contributed by atoms with Crippen LogP contribution in [-0.4, -0.2) is 43.6 Å². The van der Waals surface area contributed by atoms with E-state index in [1.807, 2.05) is 15.9 Å². The number of fused-ring (bicyclic) bond motifs is 1. The van der Waals surface area contributed by atoms with Crippen LogP contribution in [0.5, 0.6) is 0 Å². The summed E-state index contributed by atoms with van der Waals surface area (Å²) in [5, 5.41) is 9.49. The third kappa shape index (κ3) is 3.74. The van der Waals surface area contributed by atoms with Crippen molar-refractivity contribution in [3.05, 3.63) is 53.4 Å². The third-order valence-corrected chi connectivity index (χ3v) is 6.24. The summed E-state index contributed by atoms with van der Waals surface area (Å²) in [6, 6.07) is 10.9. The van der Waals surface area contributed by atoms with Gasteiger partial charge in [-0.15, -0.1) is 0 Å². The number of carbonyl (C=O) groups excluding carboxylic acids is 2. The number of methoxy groups -OCH3 is 1. The minimum Gasteiger partial charge on any atom is -0.465 e. The second-order valence-corrected chi connectivity index (χ2v) is 8.10. The molecule has 0 bridgehead atoms. The van der Waals surface area contributed by atoms with Crippen molar-refractivity contribution >= 4 is 23.4 Å². The molecule has 0 unspecified atom stereocenters. The molecule has 1 saturated heterocycles. The highest BCUT2D eigenvalue weighted by Crippen LogP contribution is 2.34. The van der Waals surface area contributed by atoms with Crippen molar-refractivity contribution in [3.63, 3.8) is 0 Å². The van der Waals surface area contributed by atoms with Gasteiger partial charge in [0.15, 0.2) is 5.76 Å². The Morgan fingerprint density at radius 1 is 1.21 bits per heavy atom. The molecule has 0 N–H and O–H groups in total. The van der Waals surface area contributed by atoms with Crippen molar-refractivity contribution in [3.8, 4) is 17.7 Å². The number of esters is 1. The summed E-state index contributed by atoms with van der Waals surface area (Å²) < 4.78 is 15.9. The molecule has 2 aliphatic rings. The number of ether oxygens (including phenoxy) is 1. The van der Waals surface area contributed by atoms with Gasteiger partial charge in [-0.05, 0) is 55.2 Å². The Morgan fingerprint density at radius 3 is 2.73 bits per heavy atom. The van der Waals surface area contributed by atoms with Crippen molar-refractivity contribution in [2.75, 3.05) is 36.5 Å². The number of carbonyl (C=O) groups is 2. The minimum atomic E-state index is -0.380. The molecule has 168 valence electrons. The number of hydrogen-bond acceptors (Lipinski definition) is 8. The molecular formula is C24H22N4O5. The maximum absolute atomic E-state index is 13.3. The van der Waals surface area contributed by atoms with Gasteiger partial charge in [0, 0.05) is 31.2 Å². The predicted molar refractivity (Wildman–Crippen MR) is 118 cm³/mol. The van der Waals surface area contributed by atoms with Crippen LogP contribution in [0, 0.1) is 17.2 Å². The highest BCUT2D eigenvalue weighted by molar-refractivity contribution is 5.98. The zero-order valence-corrected chi connectivity index (χ0v) is 18.1. The van der Waals surface area contributed by atoms with Crippen LogP contribution >= 0.6 is 0 Å². The molecule has 9 heteroatoms. The van der Waals surface area contributed by atoms with Gasteiger partial charge in [-0.2, -0.15) is 10.2 Å². The lowest BCUT2D eigenvalue weighted by atomic mass is 9.95. The van der Waals surface area contributed by atoms with E-state index in [1.165, 1.54) is 13.4 Å². The molecule has 2 aromatic heterocycles. The lowest BCUT2D eigenvalue weighted by Gasteiger charge is -2.33. The van der Waals surface area contributed by atoms with E-state index in [9.17, 15) is 14.9 Å². The molecule has 0 saturated carbocycles. The van der Waals surface area contributed by atoms with Gasteiger partial charge in [0.05, 0.1) is 18.9 Å². The van der Waals surface area contributed by atoms with Crippen LogP contribution in [0.4, 0.5) is 11.6 Å². The average Bonchev–Trinajstić information content (AvgIpc) is 3.61. The van der Waals surface area contributed by atoms with Crippen molar-refractivity contribution in [2.24, 2.45) is 5.92 Å². The van der Waals surface area contributed by atoms with E-state index >= 15 is 0 Å². The number of aromatic nitrogens is 1. The quantitative estimate of drug-likeness (QED) is 0.561. The van der Waals surface area contributed by atoms with E-state index in [4.69, 9.17) is 13.6 Å². The van der Waals surface area contributed by atoms with Crippen molar-refractivity contribution in [1.29, 1.82) is 5.26 Å².